The zero-order valence-electron chi connectivity index (χ0n) is 13.1. The van der Waals surface area contributed by atoms with Crippen LogP contribution in [0.25, 0.3) is 0 Å². The fourth-order valence-electron chi connectivity index (χ4n) is 1.74. The van der Waals surface area contributed by atoms with Crippen molar-refractivity contribution < 1.29 is 19.8 Å². The third kappa shape index (κ3) is 7.02. The summed E-state index contributed by atoms with van der Waals surface area (Å²) in [4.78, 5) is 27.4. The van der Waals surface area contributed by atoms with Crippen molar-refractivity contribution in [2.75, 3.05) is 0 Å². The molecule has 4 N–H and O–H groups in total. The minimum absolute atomic E-state index is 0.349. The highest BCUT2D eigenvalue weighted by Crippen LogP contribution is 2.19. The van der Waals surface area contributed by atoms with E-state index in [0.29, 0.717) is 24.3 Å². The molecule has 1 unspecified atom stereocenters. The predicted octanol–water partition coefficient (Wildman–Crippen LogP) is 1.11. The number of aliphatic carboxylic acids is 2. The summed E-state index contributed by atoms with van der Waals surface area (Å²) in [6.07, 6.45) is 4.78. The molecule has 25 heavy (non-hydrogen) atoms. The summed E-state index contributed by atoms with van der Waals surface area (Å²) in [6.45, 7) is 0. The zero-order chi connectivity index (χ0) is 18.7. The van der Waals surface area contributed by atoms with Gasteiger partial charge in [0.2, 0.25) is 0 Å². The lowest BCUT2D eigenvalue weighted by atomic mass is 9.91. The van der Waals surface area contributed by atoms with Crippen LogP contribution in [0.15, 0.2) is 60.9 Å². The maximum absolute atomic E-state index is 9.55. The summed E-state index contributed by atoms with van der Waals surface area (Å²) in [5.41, 5.74) is 6.30. The second-order valence-electron chi connectivity index (χ2n) is 4.81. The lowest BCUT2D eigenvalue weighted by molar-refractivity contribution is -0.134. The first-order valence-corrected chi connectivity index (χ1v) is 7.03. The van der Waals surface area contributed by atoms with Crippen LogP contribution in [0.5, 0.6) is 0 Å². The number of carboxylic acid groups (broad SMARTS) is 2. The summed E-state index contributed by atoms with van der Waals surface area (Å²) in [7, 11) is 0. The number of nitriles is 1. The molecule has 0 fully saturated rings. The molecule has 0 amide bonds. The van der Waals surface area contributed by atoms with E-state index < -0.39 is 17.5 Å². The average molecular weight is 340 g/mol. The highest BCUT2D eigenvalue weighted by molar-refractivity contribution is 5.89. The van der Waals surface area contributed by atoms with E-state index in [-0.39, 0.29) is 0 Å². The van der Waals surface area contributed by atoms with Gasteiger partial charge >= 0.3 is 11.9 Å². The monoisotopic (exact) mass is 340 g/mol. The molecule has 0 radical (unpaired) electrons. The fourth-order valence-corrected chi connectivity index (χ4v) is 1.74. The third-order valence-corrected chi connectivity index (χ3v) is 2.88. The van der Waals surface area contributed by atoms with Gasteiger partial charge in [-0.05, 0) is 24.3 Å². The molecule has 128 valence electrons. The van der Waals surface area contributed by atoms with Crippen molar-refractivity contribution in [3.63, 3.8) is 0 Å². The number of pyridine rings is 2. The Hall–Kier alpha value is -3.57. The van der Waals surface area contributed by atoms with E-state index in [2.05, 4.69) is 16.0 Å². The van der Waals surface area contributed by atoms with Crippen molar-refractivity contribution in [1.29, 1.82) is 5.26 Å². The number of nitrogens with two attached hydrogens (primary N) is 1. The Kier molecular flexibility index (Phi) is 7.43. The van der Waals surface area contributed by atoms with Crippen molar-refractivity contribution >= 4 is 11.9 Å². The Morgan fingerprint density at radius 3 is 2.04 bits per heavy atom. The van der Waals surface area contributed by atoms with Crippen LogP contribution in [0.1, 0.15) is 11.4 Å². The maximum Gasteiger partial charge on any atom is 0.328 e. The molecule has 0 spiro atoms. The van der Waals surface area contributed by atoms with Crippen molar-refractivity contribution in [3.05, 3.63) is 72.3 Å². The number of nitrogens with zero attached hydrogens (tertiary/aromatic N) is 3. The molecule has 0 aliphatic carbocycles. The normalized spacial score (nSPS) is 12.3. The first kappa shape index (κ1) is 19.5. The van der Waals surface area contributed by atoms with Gasteiger partial charge in [-0.2, -0.15) is 5.26 Å². The molecule has 0 bridgehead atoms. The highest BCUT2D eigenvalue weighted by atomic mass is 16.4. The molecule has 0 aromatic carbocycles. The van der Waals surface area contributed by atoms with E-state index in [9.17, 15) is 14.9 Å². The lowest BCUT2D eigenvalue weighted by Gasteiger charge is -2.20. The molecular weight excluding hydrogens is 324 g/mol. The van der Waals surface area contributed by atoms with Gasteiger partial charge in [0.1, 0.15) is 0 Å². The minimum atomic E-state index is -1.26. The van der Waals surface area contributed by atoms with Crippen LogP contribution in [-0.2, 0) is 21.5 Å². The van der Waals surface area contributed by atoms with Gasteiger partial charge in [-0.1, -0.05) is 12.1 Å². The molecular formula is C17H16N4O4. The van der Waals surface area contributed by atoms with E-state index in [4.69, 9.17) is 15.9 Å². The van der Waals surface area contributed by atoms with Crippen molar-refractivity contribution in [3.8, 4) is 6.07 Å². The summed E-state index contributed by atoms with van der Waals surface area (Å²) in [6, 6.07) is 13.0. The first-order chi connectivity index (χ1) is 11.9. The van der Waals surface area contributed by atoms with Crippen LogP contribution < -0.4 is 5.73 Å². The van der Waals surface area contributed by atoms with Crippen LogP contribution in [0.2, 0.25) is 0 Å². The van der Waals surface area contributed by atoms with E-state index >= 15 is 0 Å². The smallest absolute Gasteiger partial charge is 0.328 e. The van der Waals surface area contributed by atoms with Gasteiger partial charge in [-0.3, -0.25) is 9.97 Å². The first-order valence-electron chi connectivity index (χ1n) is 7.03. The van der Waals surface area contributed by atoms with Crippen LogP contribution in [0, 0.1) is 11.3 Å². The third-order valence-electron chi connectivity index (χ3n) is 2.88. The topological polar surface area (TPSA) is 150 Å². The minimum Gasteiger partial charge on any atom is -0.478 e. The molecule has 2 aromatic heterocycles. The van der Waals surface area contributed by atoms with Crippen LogP contribution in [0.4, 0.5) is 0 Å². The average Bonchev–Trinajstić information content (AvgIpc) is 2.62. The van der Waals surface area contributed by atoms with Crippen molar-refractivity contribution in [2.24, 2.45) is 5.73 Å². The summed E-state index contributed by atoms with van der Waals surface area (Å²) >= 11 is 0. The van der Waals surface area contributed by atoms with Crippen molar-refractivity contribution in [1.82, 2.24) is 9.97 Å². The number of rotatable bonds is 5. The molecule has 8 heteroatoms. The Labute approximate surface area is 143 Å². The molecule has 0 aliphatic heterocycles. The molecule has 0 saturated heterocycles. The largest absolute Gasteiger partial charge is 0.478 e. The maximum atomic E-state index is 9.55. The van der Waals surface area contributed by atoms with Gasteiger partial charge in [-0.25, -0.2) is 9.59 Å². The molecule has 2 rings (SSSR count). The lowest BCUT2D eigenvalue weighted by Crippen LogP contribution is -2.38. The Balaban J connectivity index is 0.000000333. The molecule has 0 aliphatic rings. The van der Waals surface area contributed by atoms with Crippen LogP contribution in [0.3, 0.4) is 0 Å². The molecule has 2 aromatic rings. The summed E-state index contributed by atoms with van der Waals surface area (Å²) in [5.74, 6) is -2.51. The van der Waals surface area contributed by atoms with Gasteiger partial charge in [0.15, 0.2) is 5.54 Å². The Morgan fingerprint density at radius 2 is 1.64 bits per heavy atom. The summed E-state index contributed by atoms with van der Waals surface area (Å²) < 4.78 is 0. The standard InChI is InChI=1S/C13H12N4.C4H4O4/c14-10-13(15,12-6-2-4-8-17-12)9-11-5-1-3-7-16-11;5-3(6)1-2-4(7)8/h1-8H,9,15H2;1-2H,(H,5,6)(H,7,8)/b;2-1+. The second-order valence-corrected chi connectivity index (χ2v) is 4.81. The quantitative estimate of drug-likeness (QED) is 0.685. The molecule has 2 heterocycles. The number of aromatic nitrogens is 2. The summed E-state index contributed by atoms with van der Waals surface area (Å²) in [5, 5.41) is 24.9. The van der Waals surface area contributed by atoms with Gasteiger partial charge in [-0.15, -0.1) is 0 Å². The van der Waals surface area contributed by atoms with Crippen LogP contribution in [-0.4, -0.2) is 32.1 Å². The molecule has 0 saturated carbocycles. The van der Waals surface area contributed by atoms with Gasteiger partial charge < -0.3 is 15.9 Å². The second kappa shape index (κ2) is 9.54. The van der Waals surface area contributed by atoms with Gasteiger partial charge in [0.25, 0.3) is 0 Å². The van der Waals surface area contributed by atoms with E-state index in [1.54, 1.807) is 24.5 Å². The Bertz CT molecular complexity index is 756. The number of hydrogen-bond acceptors (Lipinski definition) is 6. The number of carbonyl (C=O) groups is 2. The van der Waals surface area contributed by atoms with E-state index in [0.717, 1.165) is 5.69 Å². The fraction of sp³-hybridized carbons (Fsp3) is 0.118. The highest BCUT2D eigenvalue weighted by Gasteiger charge is 2.29. The SMILES string of the molecule is N#CC(N)(Cc1ccccn1)c1ccccn1.O=C(O)/C=C/C(=O)O. The molecule has 1 atom stereocenters. The van der Waals surface area contributed by atoms with Gasteiger partial charge in [0.05, 0.1) is 11.8 Å². The molecule has 8 nitrogen and oxygen atoms in total. The van der Waals surface area contributed by atoms with Gasteiger partial charge in [0, 0.05) is 36.7 Å². The predicted molar refractivity (Wildman–Crippen MR) is 88.1 cm³/mol. The van der Waals surface area contributed by atoms with E-state index in [1.807, 2.05) is 24.3 Å². The Morgan fingerprint density at radius 1 is 1.08 bits per heavy atom. The van der Waals surface area contributed by atoms with Crippen molar-refractivity contribution in [2.45, 2.75) is 12.0 Å². The van der Waals surface area contributed by atoms with E-state index in [1.165, 1.54) is 0 Å². The van der Waals surface area contributed by atoms with Crippen LogP contribution >= 0.6 is 0 Å². The number of hydrogen-bond donors (Lipinski definition) is 3. The number of carboxylic acids is 2. The zero-order valence-corrected chi connectivity index (χ0v) is 13.1.